The maximum atomic E-state index is 9.42. The Labute approximate surface area is 69.7 Å². The Kier molecular flexibility index (Phi) is 1.55. The summed E-state index contributed by atoms with van der Waals surface area (Å²) in [5.74, 6) is 0.931. The van der Waals surface area contributed by atoms with Crippen LogP contribution in [-0.4, -0.2) is 15.1 Å². The van der Waals surface area contributed by atoms with Crippen LogP contribution in [0.4, 0.5) is 0 Å². The van der Waals surface area contributed by atoms with Crippen LogP contribution in [0, 0.1) is 0 Å². The molecule has 0 radical (unpaired) electrons. The van der Waals surface area contributed by atoms with E-state index in [0.29, 0.717) is 5.82 Å². The summed E-state index contributed by atoms with van der Waals surface area (Å²) in [5, 5.41) is 9.42. The number of aromatic hydroxyl groups is 1. The zero-order chi connectivity index (χ0) is 8.39. The molecule has 0 fully saturated rings. The van der Waals surface area contributed by atoms with Crippen molar-refractivity contribution in [2.45, 2.75) is 0 Å². The van der Waals surface area contributed by atoms with E-state index in [1.165, 1.54) is 0 Å². The number of benzene rings is 1. The van der Waals surface area contributed by atoms with Gasteiger partial charge in [0.1, 0.15) is 11.6 Å². The number of aromatic nitrogens is 2. The van der Waals surface area contributed by atoms with Gasteiger partial charge in [-0.15, -0.1) is 0 Å². The van der Waals surface area contributed by atoms with Crippen molar-refractivity contribution in [1.82, 2.24) is 9.97 Å². The van der Waals surface area contributed by atoms with Crippen molar-refractivity contribution in [2.24, 2.45) is 0 Å². The van der Waals surface area contributed by atoms with E-state index in [9.17, 15) is 5.11 Å². The largest absolute Gasteiger partial charge is 0.507 e. The fourth-order valence-electron chi connectivity index (χ4n) is 1.09. The van der Waals surface area contributed by atoms with E-state index in [2.05, 4.69) is 9.97 Å². The van der Waals surface area contributed by atoms with Gasteiger partial charge in [0.25, 0.3) is 0 Å². The van der Waals surface area contributed by atoms with E-state index in [4.69, 9.17) is 0 Å². The highest BCUT2D eigenvalue weighted by Crippen LogP contribution is 2.24. The SMILES string of the molecule is Oc1ccccc1-c1ncc[nH]1. The number of hydrogen-bond donors (Lipinski definition) is 2. The molecule has 0 unspecified atom stereocenters. The minimum Gasteiger partial charge on any atom is -0.507 e. The number of hydrogen-bond acceptors (Lipinski definition) is 2. The molecule has 0 aliphatic carbocycles. The highest BCUT2D eigenvalue weighted by molar-refractivity contribution is 5.62. The Morgan fingerprint density at radius 3 is 2.75 bits per heavy atom. The maximum Gasteiger partial charge on any atom is 0.141 e. The number of H-pyrrole nitrogens is 1. The molecule has 1 aromatic heterocycles. The van der Waals surface area contributed by atoms with Crippen LogP contribution in [0.3, 0.4) is 0 Å². The average molecular weight is 160 g/mol. The van der Waals surface area contributed by atoms with Gasteiger partial charge in [-0.1, -0.05) is 12.1 Å². The minimum atomic E-state index is 0.243. The van der Waals surface area contributed by atoms with Crippen LogP contribution in [0.5, 0.6) is 5.75 Å². The molecule has 0 aliphatic heterocycles. The number of imidazole rings is 1. The van der Waals surface area contributed by atoms with Crippen molar-refractivity contribution < 1.29 is 5.11 Å². The number of nitrogens with zero attached hydrogens (tertiary/aromatic N) is 1. The van der Waals surface area contributed by atoms with Crippen molar-refractivity contribution in [2.75, 3.05) is 0 Å². The number of phenols is 1. The van der Waals surface area contributed by atoms with Gasteiger partial charge in [0.15, 0.2) is 0 Å². The van der Waals surface area contributed by atoms with Crippen LogP contribution < -0.4 is 0 Å². The molecule has 12 heavy (non-hydrogen) atoms. The average Bonchev–Trinajstić information content (AvgIpc) is 2.57. The summed E-state index contributed by atoms with van der Waals surface area (Å²) in [6, 6.07) is 7.09. The zero-order valence-electron chi connectivity index (χ0n) is 6.36. The Morgan fingerprint density at radius 2 is 2.08 bits per heavy atom. The number of aromatic amines is 1. The lowest BCUT2D eigenvalue weighted by Crippen LogP contribution is -1.79. The van der Waals surface area contributed by atoms with Gasteiger partial charge >= 0.3 is 0 Å². The Hall–Kier alpha value is -1.77. The summed E-state index contributed by atoms with van der Waals surface area (Å²) in [5.41, 5.74) is 0.725. The maximum absolute atomic E-state index is 9.42. The Bertz CT molecular complexity index is 368. The molecule has 0 amide bonds. The molecule has 0 saturated carbocycles. The fraction of sp³-hybridized carbons (Fsp3) is 0. The van der Waals surface area contributed by atoms with Gasteiger partial charge < -0.3 is 10.1 Å². The lowest BCUT2D eigenvalue weighted by atomic mass is 10.2. The third-order valence-corrected chi connectivity index (χ3v) is 1.66. The predicted molar refractivity (Wildman–Crippen MR) is 45.7 cm³/mol. The van der Waals surface area contributed by atoms with Crippen LogP contribution >= 0.6 is 0 Å². The Balaban J connectivity index is 2.55. The van der Waals surface area contributed by atoms with E-state index < -0.39 is 0 Å². The van der Waals surface area contributed by atoms with Gasteiger partial charge in [0, 0.05) is 12.4 Å². The van der Waals surface area contributed by atoms with Gasteiger partial charge in [-0.2, -0.15) is 0 Å². The first-order valence-electron chi connectivity index (χ1n) is 3.65. The summed E-state index contributed by atoms with van der Waals surface area (Å²) in [6.07, 6.45) is 3.38. The Morgan fingerprint density at radius 1 is 1.25 bits per heavy atom. The highest BCUT2D eigenvalue weighted by Gasteiger charge is 2.03. The van der Waals surface area contributed by atoms with Crippen LogP contribution in [0.2, 0.25) is 0 Å². The molecule has 2 aromatic rings. The molecule has 2 rings (SSSR count). The molecule has 0 saturated heterocycles. The van der Waals surface area contributed by atoms with Gasteiger partial charge in [0.05, 0.1) is 5.56 Å². The molecule has 2 N–H and O–H groups in total. The second-order valence-corrected chi connectivity index (χ2v) is 2.45. The molecule has 1 heterocycles. The third kappa shape index (κ3) is 1.05. The van der Waals surface area contributed by atoms with E-state index in [1.807, 2.05) is 12.1 Å². The molecule has 3 heteroatoms. The highest BCUT2D eigenvalue weighted by atomic mass is 16.3. The zero-order valence-corrected chi connectivity index (χ0v) is 6.36. The van der Waals surface area contributed by atoms with Crippen molar-refractivity contribution in [3.8, 4) is 17.1 Å². The molecular formula is C9H8N2O. The second kappa shape index (κ2) is 2.70. The molecule has 1 aromatic carbocycles. The molecule has 0 spiro atoms. The number of rotatable bonds is 1. The first kappa shape index (κ1) is 6.91. The van der Waals surface area contributed by atoms with Crippen LogP contribution in [0.15, 0.2) is 36.7 Å². The first-order valence-corrected chi connectivity index (χ1v) is 3.65. The molecule has 3 nitrogen and oxygen atoms in total. The lowest BCUT2D eigenvalue weighted by Gasteiger charge is -1.98. The number of nitrogens with one attached hydrogen (secondary N) is 1. The number of para-hydroxylation sites is 1. The first-order chi connectivity index (χ1) is 5.88. The minimum absolute atomic E-state index is 0.243. The van der Waals surface area contributed by atoms with Crippen molar-refractivity contribution in [3.05, 3.63) is 36.7 Å². The second-order valence-electron chi connectivity index (χ2n) is 2.45. The smallest absolute Gasteiger partial charge is 0.141 e. The summed E-state index contributed by atoms with van der Waals surface area (Å²) in [7, 11) is 0. The quantitative estimate of drug-likeness (QED) is 0.668. The summed E-state index contributed by atoms with van der Waals surface area (Å²) >= 11 is 0. The predicted octanol–water partition coefficient (Wildman–Crippen LogP) is 1.78. The van der Waals surface area contributed by atoms with E-state index >= 15 is 0 Å². The topological polar surface area (TPSA) is 48.9 Å². The molecule has 60 valence electrons. The van der Waals surface area contributed by atoms with Gasteiger partial charge in [-0.25, -0.2) is 4.98 Å². The normalized spacial score (nSPS) is 10.0. The molecule has 0 bridgehead atoms. The third-order valence-electron chi connectivity index (χ3n) is 1.66. The van der Waals surface area contributed by atoms with Crippen LogP contribution in [0.1, 0.15) is 0 Å². The van der Waals surface area contributed by atoms with E-state index in [1.54, 1.807) is 24.5 Å². The molecular weight excluding hydrogens is 152 g/mol. The van der Waals surface area contributed by atoms with Crippen molar-refractivity contribution in [1.29, 1.82) is 0 Å². The van der Waals surface area contributed by atoms with Crippen LogP contribution in [-0.2, 0) is 0 Å². The van der Waals surface area contributed by atoms with Gasteiger partial charge in [-0.3, -0.25) is 0 Å². The van der Waals surface area contributed by atoms with Crippen molar-refractivity contribution in [3.63, 3.8) is 0 Å². The summed E-state index contributed by atoms with van der Waals surface area (Å²) in [4.78, 5) is 6.95. The van der Waals surface area contributed by atoms with Gasteiger partial charge in [0.2, 0.25) is 0 Å². The van der Waals surface area contributed by atoms with E-state index in [-0.39, 0.29) is 5.75 Å². The number of phenolic OH excluding ortho intramolecular Hbond substituents is 1. The lowest BCUT2D eigenvalue weighted by molar-refractivity contribution is 0.477. The standard InChI is InChI=1S/C9H8N2O/c12-8-4-2-1-3-7(8)9-10-5-6-11-9/h1-6,12H,(H,10,11). The molecule has 0 aliphatic rings. The summed E-state index contributed by atoms with van der Waals surface area (Å²) < 4.78 is 0. The van der Waals surface area contributed by atoms with Crippen molar-refractivity contribution >= 4 is 0 Å². The van der Waals surface area contributed by atoms with Gasteiger partial charge in [-0.05, 0) is 12.1 Å². The monoisotopic (exact) mass is 160 g/mol. The fourth-order valence-corrected chi connectivity index (χ4v) is 1.09. The summed E-state index contributed by atoms with van der Waals surface area (Å²) in [6.45, 7) is 0. The molecule has 0 atom stereocenters. The van der Waals surface area contributed by atoms with Crippen LogP contribution in [0.25, 0.3) is 11.4 Å². The van der Waals surface area contributed by atoms with E-state index in [0.717, 1.165) is 5.56 Å².